The molecule has 0 fully saturated rings. The van der Waals surface area contributed by atoms with Gasteiger partial charge in [0.15, 0.2) is 0 Å². The van der Waals surface area contributed by atoms with Gasteiger partial charge in [-0.1, -0.05) is 23.7 Å². The Kier molecular flexibility index (Phi) is 4.30. The van der Waals surface area contributed by atoms with Gasteiger partial charge in [-0.25, -0.2) is 0 Å². The average molecular weight is 305 g/mol. The Morgan fingerprint density at radius 3 is 2.05 bits per heavy atom. The van der Waals surface area contributed by atoms with Crippen LogP contribution in [0.15, 0.2) is 42.5 Å². The number of para-hydroxylation sites is 1. The fraction of sp³-hybridized carbons (Fsp3) is 0. The van der Waals surface area contributed by atoms with E-state index in [-0.39, 0.29) is 16.4 Å². The highest BCUT2D eigenvalue weighted by atomic mass is 35.5. The summed E-state index contributed by atoms with van der Waals surface area (Å²) in [5.41, 5.74) is 0.469. The summed E-state index contributed by atoms with van der Waals surface area (Å²) >= 11 is 5.73. The largest absolute Gasteiger partial charge is 0.278 e. The first-order valence-corrected chi connectivity index (χ1v) is 6.22. The van der Waals surface area contributed by atoms with Gasteiger partial charge in [-0.05, 0) is 30.4 Å². The van der Waals surface area contributed by atoms with Gasteiger partial charge in [-0.3, -0.25) is 20.2 Å². The molecule has 0 radical (unpaired) electrons. The standard InChI is InChI=1S/C14H9ClN2O4/c15-12-8-7-11(14(9-12)17(20)21)6-5-10-3-1-2-4-13(10)16(18)19/h1-9H/b6-5+. The van der Waals surface area contributed by atoms with Gasteiger partial charge in [-0.2, -0.15) is 0 Å². The maximum absolute atomic E-state index is 11.0. The van der Waals surface area contributed by atoms with Crippen LogP contribution in [0.4, 0.5) is 11.4 Å². The highest BCUT2D eigenvalue weighted by Crippen LogP contribution is 2.26. The summed E-state index contributed by atoms with van der Waals surface area (Å²) in [6.07, 6.45) is 2.92. The van der Waals surface area contributed by atoms with Gasteiger partial charge in [0.25, 0.3) is 11.4 Å². The number of rotatable bonds is 4. The summed E-state index contributed by atoms with van der Waals surface area (Å²) in [6, 6.07) is 10.4. The lowest BCUT2D eigenvalue weighted by atomic mass is 10.1. The van der Waals surface area contributed by atoms with E-state index in [0.29, 0.717) is 11.1 Å². The van der Waals surface area contributed by atoms with E-state index in [1.54, 1.807) is 18.2 Å². The average Bonchev–Trinajstić information content (AvgIpc) is 2.46. The van der Waals surface area contributed by atoms with Gasteiger partial charge < -0.3 is 0 Å². The van der Waals surface area contributed by atoms with Crippen LogP contribution in [0, 0.1) is 20.2 Å². The van der Waals surface area contributed by atoms with Gasteiger partial charge >= 0.3 is 0 Å². The molecule has 0 atom stereocenters. The maximum atomic E-state index is 11.0. The van der Waals surface area contributed by atoms with Crippen molar-refractivity contribution in [1.82, 2.24) is 0 Å². The molecule has 2 rings (SSSR count). The second-order valence-electron chi connectivity index (χ2n) is 4.11. The lowest BCUT2D eigenvalue weighted by molar-refractivity contribution is -0.385. The molecule has 0 aliphatic heterocycles. The van der Waals surface area contributed by atoms with E-state index in [4.69, 9.17) is 11.6 Å². The van der Waals surface area contributed by atoms with Crippen molar-refractivity contribution >= 4 is 35.1 Å². The van der Waals surface area contributed by atoms with Crippen LogP contribution in [0.25, 0.3) is 12.2 Å². The third-order valence-electron chi connectivity index (χ3n) is 2.77. The highest BCUT2D eigenvalue weighted by Gasteiger charge is 2.13. The molecule has 0 aliphatic carbocycles. The minimum Gasteiger partial charge on any atom is -0.258 e. The van der Waals surface area contributed by atoms with Crippen molar-refractivity contribution in [2.75, 3.05) is 0 Å². The molecule has 0 aliphatic rings. The number of hydrogen-bond donors (Lipinski definition) is 0. The molecule has 0 amide bonds. The molecule has 21 heavy (non-hydrogen) atoms. The van der Waals surface area contributed by atoms with Crippen molar-refractivity contribution in [1.29, 1.82) is 0 Å². The zero-order valence-corrected chi connectivity index (χ0v) is 11.4. The summed E-state index contributed by atoms with van der Waals surface area (Å²) in [7, 11) is 0. The van der Waals surface area contributed by atoms with Crippen LogP contribution in [-0.2, 0) is 0 Å². The number of halogens is 1. The first-order chi connectivity index (χ1) is 9.99. The topological polar surface area (TPSA) is 86.3 Å². The van der Waals surface area contributed by atoms with Gasteiger partial charge in [0, 0.05) is 17.2 Å². The van der Waals surface area contributed by atoms with E-state index in [0.717, 1.165) is 0 Å². The molecule has 6 nitrogen and oxygen atoms in total. The van der Waals surface area contributed by atoms with Crippen LogP contribution in [0.5, 0.6) is 0 Å². The van der Waals surface area contributed by atoms with Crippen molar-refractivity contribution < 1.29 is 9.85 Å². The monoisotopic (exact) mass is 304 g/mol. The zero-order chi connectivity index (χ0) is 15.4. The van der Waals surface area contributed by atoms with Gasteiger partial charge in [0.05, 0.1) is 21.0 Å². The Morgan fingerprint density at radius 2 is 1.43 bits per heavy atom. The minimum absolute atomic E-state index is 0.0645. The summed E-state index contributed by atoms with van der Waals surface area (Å²) in [5.74, 6) is 0. The molecule has 0 saturated heterocycles. The van der Waals surface area contributed by atoms with E-state index in [1.807, 2.05) is 0 Å². The first-order valence-electron chi connectivity index (χ1n) is 5.84. The molecular weight excluding hydrogens is 296 g/mol. The van der Waals surface area contributed by atoms with Crippen molar-refractivity contribution in [3.05, 3.63) is 78.8 Å². The maximum Gasteiger partial charge on any atom is 0.278 e. The van der Waals surface area contributed by atoms with Crippen molar-refractivity contribution in [3.8, 4) is 0 Å². The van der Waals surface area contributed by atoms with Crippen LogP contribution in [-0.4, -0.2) is 9.85 Å². The summed E-state index contributed by atoms with van der Waals surface area (Å²) in [4.78, 5) is 20.8. The van der Waals surface area contributed by atoms with Crippen LogP contribution >= 0.6 is 11.6 Å². The van der Waals surface area contributed by atoms with E-state index in [9.17, 15) is 20.2 Å². The lowest BCUT2D eigenvalue weighted by Crippen LogP contribution is -1.92. The summed E-state index contributed by atoms with van der Waals surface area (Å²) in [5, 5.41) is 22.1. The molecule has 0 saturated carbocycles. The number of nitro benzene ring substituents is 2. The second-order valence-corrected chi connectivity index (χ2v) is 4.55. The Hall–Kier alpha value is -2.73. The predicted octanol–water partition coefficient (Wildman–Crippen LogP) is 4.33. The molecule has 0 heterocycles. The lowest BCUT2D eigenvalue weighted by Gasteiger charge is -1.99. The molecule has 0 N–H and O–H groups in total. The van der Waals surface area contributed by atoms with Crippen molar-refractivity contribution in [3.63, 3.8) is 0 Å². The first kappa shape index (κ1) is 14.7. The van der Waals surface area contributed by atoms with Gasteiger partial charge in [0.1, 0.15) is 0 Å². The number of benzene rings is 2. The summed E-state index contributed by atoms with van der Waals surface area (Å²) in [6.45, 7) is 0. The Morgan fingerprint density at radius 1 is 0.857 bits per heavy atom. The van der Waals surface area contributed by atoms with Crippen LogP contribution < -0.4 is 0 Å². The molecule has 106 valence electrons. The third kappa shape index (κ3) is 3.43. The van der Waals surface area contributed by atoms with E-state index in [2.05, 4.69) is 0 Å². The molecule has 2 aromatic carbocycles. The molecular formula is C14H9ClN2O4. The zero-order valence-electron chi connectivity index (χ0n) is 10.6. The number of hydrogen-bond acceptors (Lipinski definition) is 4. The fourth-order valence-corrected chi connectivity index (χ4v) is 1.96. The van der Waals surface area contributed by atoms with Gasteiger partial charge in [-0.15, -0.1) is 0 Å². The van der Waals surface area contributed by atoms with Crippen molar-refractivity contribution in [2.24, 2.45) is 0 Å². The van der Waals surface area contributed by atoms with E-state index >= 15 is 0 Å². The number of nitrogens with zero attached hydrogens (tertiary/aromatic N) is 2. The quantitative estimate of drug-likeness (QED) is 0.478. The highest BCUT2D eigenvalue weighted by molar-refractivity contribution is 6.30. The molecule has 0 spiro atoms. The molecule has 0 aromatic heterocycles. The van der Waals surface area contributed by atoms with E-state index in [1.165, 1.54) is 36.4 Å². The summed E-state index contributed by atoms with van der Waals surface area (Å²) < 4.78 is 0. The Bertz CT molecular complexity index is 744. The molecule has 7 heteroatoms. The van der Waals surface area contributed by atoms with Crippen LogP contribution in [0.1, 0.15) is 11.1 Å². The van der Waals surface area contributed by atoms with Crippen LogP contribution in [0.2, 0.25) is 5.02 Å². The molecule has 0 bridgehead atoms. The molecule has 0 unspecified atom stereocenters. The number of nitro groups is 2. The fourth-order valence-electron chi connectivity index (χ4n) is 1.79. The van der Waals surface area contributed by atoms with E-state index < -0.39 is 9.85 Å². The smallest absolute Gasteiger partial charge is 0.258 e. The Labute approximate surface area is 124 Å². The predicted molar refractivity (Wildman–Crippen MR) is 80.1 cm³/mol. The second kappa shape index (κ2) is 6.15. The third-order valence-corrected chi connectivity index (χ3v) is 3.00. The van der Waals surface area contributed by atoms with Gasteiger partial charge in [0.2, 0.25) is 0 Å². The minimum atomic E-state index is -0.551. The van der Waals surface area contributed by atoms with Crippen molar-refractivity contribution in [2.45, 2.75) is 0 Å². The van der Waals surface area contributed by atoms with Crippen LogP contribution in [0.3, 0.4) is 0 Å². The Balaban J connectivity index is 2.43. The normalized spacial score (nSPS) is 10.7. The molecule has 2 aromatic rings. The SMILES string of the molecule is O=[N+]([O-])c1ccccc1/C=C/c1ccc(Cl)cc1[N+](=O)[O-].